The number of thiazole rings is 1. The third-order valence-corrected chi connectivity index (χ3v) is 9.18. The molecule has 1 aromatic carbocycles. The maximum absolute atomic E-state index is 13.7. The molecule has 1 heterocycles. The van der Waals surface area contributed by atoms with Crippen molar-refractivity contribution in [2.75, 3.05) is 18.5 Å². The topological polar surface area (TPSA) is 176 Å². The first-order valence-corrected chi connectivity index (χ1v) is 18.7. The zero-order valence-electron chi connectivity index (χ0n) is 31.5. The average Bonchev–Trinajstić information content (AvgIpc) is 3.57. The van der Waals surface area contributed by atoms with Crippen molar-refractivity contribution in [1.29, 1.82) is 0 Å². The fourth-order valence-corrected chi connectivity index (χ4v) is 6.23. The van der Waals surface area contributed by atoms with E-state index in [1.54, 1.807) is 38.3 Å². The molecular weight excluding hydrogens is 687 g/mol. The molecule has 3 atom stereocenters. The van der Waals surface area contributed by atoms with Crippen LogP contribution in [0.4, 0.5) is 10.5 Å². The summed E-state index contributed by atoms with van der Waals surface area (Å²) in [5.74, 6) is 0.561. The quantitative estimate of drug-likeness (QED) is 0.0596. The SMILES string of the molecule is C#CCCCON(C(=O)CCCC)C(CC(OC(=O)NCC)c1nc(C(=O)NC(Cc2ccc(NC(C)=O)cc2)CC(C)(C)C(=O)O)cs1)C(C)C. The number of carboxylic acids is 1. The van der Waals surface area contributed by atoms with E-state index < -0.39 is 41.6 Å². The van der Waals surface area contributed by atoms with E-state index in [4.69, 9.17) is 16.0 Å². The molecule has 0 spiro atoms. The lowest BCUT2D eigenvalue weighted by Crippen LogP contribution is -2.45. The van der Waals surface area contributed by atoms with E-state index in [1.165, 1.54) is 12.0 Å². The maximum atomic E-state index is 13.7. The summed E-state index contributed by atoms with van der Waals surface area (Å²) < 4.78 is 5.85. The standard InChI is InChI=1S/C38H55N5O8S/c1-9-12-14-20-50-43(33(45)15-13-10-2)31(25(4)5)22-32(51-37(49)39-11-3)35-42-30(24-52-35)34(46)41-29(23-38(7,8)36(47)48)21-27-16-18-28(19-17-27)40-26(6)44/h1,16-19,24-25,29,31-32H,10-15,20-23H2,2-8H3,(H,39,49)(H,40,44)(H,41,46)(H,47,48). The predicted molar refractivity (Wildman–Crippen MR) is 200 cm³/mol. The number of unbranched alkanes of at least 4 members (excludes halogenated alkanes) is 2. The Kier molecular flexibility index (Phi) is 18.3. The highest BCUT2D eigenvalue weighted by Gasteiger charge is 2.35. The summed E-state index contributed by atoms with van der Waals surface area (Å²) >= 11 is 1.14. The number of amides is 4. The highest BCUT2D eigenvalue weighted by molar-refractivity contribution is 7.09. The lowest BCUT2D eigenvalue weighted by atomic mass is 9.84. The predicted octanol–water partition coefficient (Wildman–Crippen LogP) is 6.51. The van der Waals surface area contributed by atoms with Gasteiger partial charge in [-0.05, 0) is 70.1 Å². The minimum absolute atomic E-state index is 0.0751. The maximum Gasteiger partial charge on any atom is 0.407 e. The molecule has 3 unspecified atom stereocenters. The summed E-state index contributed by atoms with van der Waals surface area (Å²) in [6.45, 7) is 12.8. The van der Waals surface area contributed by atoms with Crippen LogP contribution in [0.2, 0.25) is 0 Å². The largest absolute Gasteiger partial charge is 0.481 e. The van der Waals surface area contributed by atoms with Gasteiger partial charge in [-0.2, -0.15) is 0 Å². The lowest BCUT2D eigenvalue weighted by Gasteiger charge is -2.35. The van der Waals surface area contributed by atoms with Crippen LogP contribution in [-0.4, -0.2) is 70.2 Å². The van der Waals surface area contributed by atoms with Crippen molar-refractivity contribution < 1.29 is 38.7 Å². The van der Waals surface area contributed by atoms with Gasteiger partial charge >= 0.3 is 12.1 Å². The van der Waals surface area contributed by atoms with Gasteiger partial charge in [-0.15, -0.1) is 23.7 Å². The van der Waals surface area contributed by atoms with Gasteiger partial charge in [0.2, 0.25) is 11.8 Å². The Morgan fingerprint density at radius 3 is 2.37 bits per heavy atom. The normalized spacial score (nSPS) is 13.0. The minimum atomic E-state index is -1.15. The first-order chi connectivity index (χ1) is 24.6. The highest BCUT2D eigenvalue weighted by atomic mass is 32.1. The second-order valence-corrected chi connectivity index (χ2v) is 14.5. The summed E-state index contributed by atoms with van der Waals surface area (Å²) in [6, 6.07) is 6.01. The van der Waals surface area contributed by atoms with Crippen molar-refractivity contribution in [1.82, 2.24) is 20.7 Å². The number of aliphatic carboxylic acids is 1. The van der Waals surface area contributed by atoms with Crippen LogP contribution in [0.25, 0.3) is 0 Å². The van der Waals surface area contributed by atoms with Crippen molar-refractivity contribution in [3.8, 4) is 12.3 Å². The average molecular weight is 742 g/mol. The van der Waals surface area contributed by atoms with Gasteiger partial charge in [-0.25, -0.2) is 14.8 Å². The van der Waals surface area contributed by atoms with Crippen molar-refractivity contribution >= 4 is 46.8 Å². The Morgan fingerprint density at radius 1 is 1.10 bits per heavy atom. The molecule has 13 nitrogen and oxygen atoms in total. The number of rotatable bonds is 22. The van der Waals surface area contributed by atoms with Crippen molar-refractivity contribution in [3.63, 3.8) is 0 Å². The van der Waals surface area contributed by atoms with E-state index in [0.717, 1.165) is 23.3 Å². The molecule has 4 N–H and O–H groups in total. The zero-order valence-corrected chi connectivity index (χ0v) is 32.3. The molecule has 0 aliphatic carbocycles. The molecule has 4 amide bonds. The minimum Gasteiger partial charge on any atom is -0.481 e. The number of benzene rings is 1. The van der Waals surface area contributed by atoms with Crippen molar-refractivity contribution in [2.45, 2.75) is 118 Å². The van der Waals surface area contributed by atoms with Gasteiger partial charge in [0.25, 0.3) is 5.91 Å². The van der Waals surface area contributed by atoms with Gasteiger partial charge in [-0.1, -0.05) is 39.3 Å². The van der Waals surface area contributed by atoms with Gasteiger partial charge in [-0.3, -0.25) is 24.0 Å². The first kappa shape index (κ1) is 43.7. The fraction of sp³-hybridized carbons (Fsp3) is 0.579. The number of carboxylic acid groups (broad SMARTS) is 1. The van der Waals surface area contributed by atoms with Crippen molar-refractivity contribution in [3.05, 3.63) is 45.9 Å². The Morgan fingerprint density at radius 2 is 1.79 bits per heavy atom. The molecule has 2 aromatic rings. The molecule has 14 heteroatoms. The van der Waals surface area contributed by atoms with Crippen LogP contribution in [0, 0.1) is 23.7 Å². The van der Waals surface area contributed by atoms with Crippen LogP contribution in [0.3, 0.4) is 0 Å². The molecule has 286 valence electrons. The van der Waals surface area contributed by atoms with Gasteiger partial charge in [0.15, 0.2) is 6.10 Å². The number of hydroxylamine groups is 2. The molecule has 0 bridgehead atoms. The third-order valence-electron chi connectivity index (χ3n) is 8.24. The number of nitrogens with zero attached hydrogens (tertiary/aromatic N) is 2. The molecule has 1 aromatic heterocycles. The van der Waals surface area contributed by atoms with Gasteiger partial charge in [0, 0.05) is 49.8 Å². The van der Waals surface area contributed by atoms with Crippen LogP contribution >= 0.6 is 11.3 Å². The van der Waals surface area contributed by atoms with E-state index in [-0.39, 0.29) is 49.3 Å². The summed E-state index contributed by atoms with van der Waals surface area (Å²) in [5, 5.41) is 21.5. The van der Waals surface area contributed by atoms with Crippen molar-refractivity contribution in [2.24, 2.45) is 11.3 Å². The summed E-state index contributed by atoms with van der Waals surface area (Å²) in [7, 11) is 0. The van der Waals surface area contributed by atoms with E-state index in [2.05, 4.69) is 26.9 Å². The first-order valence-electron chi connectivity index (χ1n) is 17.8. The molecule has 0 fully saturated rings. The fourth-order valence-electron chi connectivity index (χ4n) is 5.39. The molecular formula is C38H55N5O8S. The second-order valence-electron chi connectivity index (χ2n) is 13.7. The number of terminal acetylenes is 1. The Balaban J connectivity index is 2.40. The molecule has 0 saturated carbocycles. The van der Waals surface area contributed by atoms with Crippen LogP contribution in [0.5, 0.6) is 0 Å². The number of anilines is 1. The third kappa shape index (κ3) is 14.6. The number of alkyl carbamates (subject to hydrolysis) is 1. The number of hydrogen-bond acceptors (Lipinski definition) is 9. The summed E-state index contributed by atoms with van der Waals surface area (Å²) in [4.78, 5) is 73.9. The molecule has 0 saturated heterocycles. The number of carbonyl (C=O) groups is 5. The van der Waals surface area contributed by atoms with E-state index in [9.17, 15) is 29.1 Å². The monoisotopic (exact) mass is 741 g/mol. The Hall–Kier alpha value is -4.48. The molecule has 0 aliphatic rings. The summed E-state index contributed by atoms with van der Waals surface area (Å²) in [5.41, 5.74) is 0.369. The Labute approximate surface area is 311 Å². The van der Waals surface area contributed by atoms with Crippen LogP contribution in [0.1, 0.15) is 121 Å². The molecule has 52 heavy (non-hydrogen) atoms. The zero-order chi connectivity index (χ0) is 38.8. The number of nitrogens with one attached hydrogen (secondary N) is 3. The molecule has 0 aliphatic heterocycles. The highest BCUT2D eigenvalue weighted by Crippen LogP contribution is 2.32. The van der Waals surface area contributed by atoms with E-state index in [1.807, 2.05) is 32.9 Å². The van der Waals surface area contributed by atoms with E-state index >= 15 is 0 Å². The number of aromatic nitrogens is 1. The van der Waals surface area contributed by atoms with Gasteiger partial charge in [0.1, 0.15) is 10.7 Å². The van der Waals surface area contributed by atoms with Gasteiger partial charge < -0.3 is 25.8 Å². The molecule has 0 radical (unpaired) electrons. The van der Waals surface area contributed by atoms with E-state index in [0.29, 0.717) is 42.9 Å². The smallest absolute Gasteiger partial charge is 0.407 e. The number of hydrogen-bond donors (Lipinski definition) is 4. The summed E-state index contributed by atoms with van der Waals surface area (Å²) in [6.07, 6.45) is 7.28. The van der Waals surface area contributed by atoms with Crippen LogP contribution in [-0.2, 0) is 30.4 Å². The molecule has 2 rings (SSSR count). The number of ether oxygens (including phenoxy) is 1. The number of carbonyl (C=O) groups excluding carboxylic acids is 4. The Bertz CT molecular complexity index is 1520. The second kappa shape index (κ2) is 21.8. The van der Waals surface area contributed by atoms with Crippen LogP contribution < -0.4 is 16.0 Å². The van der Waals surface area contributed by atoms with Gasteiger partial charge in [0.05, 0.1) is 18.1 Å². The lowest BCUT2D eigenvalue weighted by molar-refractivity contribution is -0.209. The van der Waals surface area contributed by atoms with Crippen LogP contribution in [0.15, 0.2) is 29.6 Å².